The first-order chi connectivity index (χ1) is 18.4. The van der Waals surface area contributed by atoms with Crippen LogP contribution in [0.15, 0.2) is 52.7 Å². The third kappa shape index (κ3) is 6.94. The summed E-state index contributed by atoms with van der Waals surface area (Å²) in [6.07, 6.45) is 9.16. The quantitative estimate of drug-likeness (QED) is 0.273. The summed E-state index contributed by atoms with van der Waals surface area (Å²) in [6.45, 7) is 0.0286. The van der Waals surface area contributed by atoms with Crippen molar-refractivity contribution in [3.05, 3.63) is 64.2 Å². The van der Waals surface area contributed by atoms with Crippen molar-refractivity contribution in [1.29, 1.82) is 0 Å². The molecular formula is C28H30ClFN2O5S. The average molecular weight is 561 g/mol. The molecule has 2 aliphatic rings. The highest BCUT2D eigenvalue weighted by molar-refractivity contribution is 8.00. The zero-order valence-corrected chi connectivity index (χ0v) is 22.8. The predicted octanol–water partition coefficient (Wildman–Crippen LogP) is 6.03. The molecule has 0 saturated heterocycles. The Balaban J connectivity index is 1.72. The summed E-state index contributed by atoms with van der Waals surface area (Å²) < 4.78 is 25.8. The highest BCUT2D eigenvalue weighted by Crippen LogP contribution is 2.37. The second-order valence-corrected chi connectivity index (χ2v) is 10.8. The van der Waals surface area contributed by atoms with Crippen molar-refractivity contribution >= 4 is 46.9 Å². The summed E-state index contributed by atoms with van der Waals surface area (Å²) in [6, 6.07) is 6.11. The lowest BCUT2D eigenvalue weighted by atomic mass is 9.90. The van der Waals surface area contributed by atoms with Crippen LogP contribution >= 0.6 is 23.4 Å². The number of methoxy groups -OCH3 is 1. The summed E-state index contributed by atoms with van der Waals surface area (Å²) in [5.41, 5.74) is 1.41. The van der Waals surface area contributed by atoms with Crippen molar-refractivity contribution in [2.75, 3.05) is 17.8 Å². The molecule has 1 fully saturated rings. The molecule has 0 N–H and O–H groups in total. The van der Waals surface area contributed by atoms with Crippen LogP contribution in [-0.2, 0) is 30.4 Å². The first-order valence-electron chi connectivity index (χ1n) is 12.7. The number of carbonyl (C=O) groups excluding carboxylic acids is 3. The molecule has 7 nitrogen and oxygen atoms in total. The van der Waals surface area contributed by atoms with Gasteiger partial charge in [0.15, 0.2) is 0 Å². The van der Waals surface area contributed by atoms with Crippen molar-refractivity contribution < 1.29 is 28.2 Å². The van der Waals surface area contributed by atoms with Gasteiger partial charge in [0.25, 0.3) is 5.91 Å². The van der Waals surface area contributed by atoms with E-state index in [1.54, 1.807) is 24.5 Å². The molecule has 2 aliphatic carbocycles. The van der Waals surface area contributed by atoms with Gasteiger partial charge in [-0.25, -0.2) is 9.18 Å². The number of rotatable bonds is 9. The highest BCUT2D eigenvalue weighted by atomic mass is 35.5. The van der Waals surface area contributed by atoms with Crippen molar-refractivity contribution in [2.24, 2.45) is 0 Å². The second kappa shape index (κ2) is 13.2. The van der Waals surface area contributed by atoms with Gasteiger partial charge in [0.1, 0.15) is 11.9 Å². The molecule has 1 saturated carbocycles. The molecule has 1 aromatic carbocycles. The van der Waals surface area contributed by atoms with E-state index in [-0.39, 0.29) is 29.1 Å². The molecule has 1 amide bonds. The van der Waals surface area contributed by atoms with Gasteiger partial charge in [-0.1, -0.05) is 17.7 Å². The van der Waals surface area contributed by atoms with Gasteiger partial charge >= 0.3 is 11.9 Å². The van der Waals surface area contributed by atoms with Crippen LogP contribution in [0, 0.1) is 5.82 Å². The highest BCUT2D eigenvalue weighted by Gasteiger charge is 2.32. The monoisotopic (exact) mass is 560 g/mol. The van der Waals surface area contributed by atoms with Gasteiger partial charge in [0.05, 0.1) is 30.1 Å². The van der Waals surface area contributed by atoms with Crippen LogP contribution in [0.4, 0.5) is 10.1 Å². The van der Waals surface area contributed by atoms with Gasteiger partial charge in [-0.15, -0.1) is 11.8 Å². The number of anilines is 1. The lowest BCUT2D eigenvalue weighted by molar-refractivity contribution is -0.144. The largest absolute Gasteiger partial charge is 0.468 e. The lowest BCUT2D eigenvalue weighted by Gasteiger charge is -2.28. The Morgan fingerprint density at radius 2 is 1.87 bits per heavy atom. The fraction of sp³-hybridized carbons (Fsp3) is 0.429. The lowest BCUT2D eigenvalue weighted by Crippen LogP contribution is -2.35. The van der Waals surface area contributed by atoms with E-state index in [9.17, 15) is 14.4 Å². The molecule has 0 bridgehead atoms. The van der Waals surface area contributed by atoms with E-state index in [0.29, 0.717) is 34.4 Å². The Kier molecular flexibility index (Phi) is 9.80. The summed E-state index contributed by atoms with van der Waals surface area (Å²) >= 11 is 7.36. The Bertz CT molecular complexity index is 1220. The molecule has 202 valence electrons. The summed E-state index contributed by atoms with van der Waals surface area (Å²) in [5, 5.41) is 0.117. The van der Waals surface area contributed by atoms with Crippen molar-refractivity contribution in [3.63, 3.8) is 0 Å². The maximum Gasteiger partial charge on any atom is 0.334 e. The number of aromatic nitrogens is 1. The first kappa shape index (κ1) is 28.1. The normalized spacial score (nSPS) is 15.9. The van der Waals surface area contributed by atoms with Gasteiger partial charge in [-0.3, -0.25) is 14.6 Å². The molecule has 0 aliphatic heterocycles. The van der Waals surface area contributed by atoms with Crippen LogP contribution in [-0.4, -0.2) is 41.8 Å². The van der Waals surface area contributed by atoms with E-state index in [4.69, 9.17) is 21.1 Å². The van der Waals surface area contributed by atoms with E-state index in [1.807, 2.05) is 0 Å². The SMILES string of the molecule is COC(=O)CSc1cc(N(Cc2cccnc2)C(=O)C2=C(C(=O)OC3CCCC3)CCCC2)c(F)cc1Cl. The zero-order valence-electron chi connectivity index (χ0n) is 21.2. The minimum Gasteiger partial charge on any atom is -0.468 e. The molecule has 0 atom stereocenters. The molecular weight excluding hydrogens is 531 g/mol. The van der Waals surface area contributed by atoms with Crippen molar-refractivity contribution in [1.82, 2.24) is 4.98 Å². The van der Waals surface area contributed by atoms with Gasteiger partial charge in [-0.2, -0.15) is 0 Å². The van der Waals surface area contributed by atoms with Crippen molar-refractivity contribution in [3.8, 4) is 0 Å². The fourth-order valence-corrected chi connectivity index (χ4v) is 5.83. The number of hydrogen-bond acceptors (Lipinski definition) is 7. The number of halogens is 2. The number of ether oxygens (including phenoxy) is 2. The smallest absolute Gasteiger partial charge is 0.334 e. The van der Waals surface area contributed by atoms with Crippen LogP contribution in [0.3, 0.4) is 0 Å². The van der Waals surface area contributed by atoms with Gasteiger partial charge in [0, 0.05) is 28.4 Å². The van der Waals surface area contributed by atoms with E-state index in [0.717, 1.165) is 56.4 Å². The van der Waals surface area contributed by atoms with E-state index in [2.05, 4.69) is 4.98 Å². The van der Waals surface area contributed by atoms with Gasteiger partial charge in [-0.05, 0) is 75.1 Å². The summed E-state index contributed by atoms with van der Waals surface area (Å²) in [5.74, 6) is -2.09. The summed E-state index contributed by atoms with van der Waals surface area (Å²) in [7, 11) is 1.28. The third-order valence-corrected chi connectivity index (χ3v) is 8.18. The van der Waals surface area contributed by atoms with Crippen molar-refractivity contribution in [2.45, 2.75) is 68.9 Å². The number of pyridine rings is 1. The maximum absolute atomic E-state index is 15.4. The minimum atomic E-state index is -0.693. The Hall–Kier alpha value is -2.91. The minimum absolute atomic E-state index is 0.00259. The fourth-order valence-electron chi connectivity index (χ4n) is 4.73. The van der Waals surface area contributed by atoms with E-state index in [1.165, 1.54) is 18.1 Å². The molecule has 4 rings (SSSR count). The topological polar surface area (TPSA) is 85.8 Å². The predicted molar refractivity (Wildman–Crippen MR) is 143 cm³/mol. The van der Waals surface area contributed by atoms with Crippen LogP contribution in [0.5, 0.6) is 0 Å². The zero-order chi connectivity index (χ0) is 27.1. The second-order valence-electron chi connectivity index (χ2n) is 9.33. The van der Waals surface area contributed by atoms with Gasteiger partial charge < -0.3 is 14.4 Å². The molecule has 0 radical (unpaired) electrons. The average Bonchev–Trinajstić information content (AvgIpc) is 3.44. The van der Waals surface area contributed by atoms with E-state index < -0.39 is 23.7 Å². The number of nitrogens with zero attached hydrogens (tertiary/aromatic N) is 2. The van der Waals surface area contributed by atoms with Gasteiger partial charge in [0.2, 0.25) is 0 Å². The van der Waals surface area contributed by atoms with Crippen LogP contribution in [0.1, 0.15) is 56.9 Å². The Morgan fingerprint density at radius 1 is 1.13 bits per heavy atom. The number of esters is 2. The number of hydrogen-bond donors (Lipinski definition) is 0. The standard InChI is InChI=1S/C28H30ClFN2O5S/c1-36-26(33)17-38-25-14-24(23(30)13-22(25)29)32(16-18-7-6-12-31-15-18)27(34)20-10-4-5-11-21(20)28(35)37-19-8-2-3-9-19/h6-7,12-15,19H,2-5,8-11,16-17H2,1H3. The molecule has 2 aromatic rings. The third-order valence-electron chi connectivity index (χ3n) is 6.72. The number of amides is 1. The molecule has 1 aromatic heterocycles. The Labute approximate surface area is 230 Å². The number of carbonyl (C=O) groups is 3. The maximum atomic E-state index is 15.4. The molecule has 0 unspecified atom stereocenters. The van der Waals surface area contributed by atoms with E-state index >= 15 is 4.39 Å². The Morgan fingerprint density at radius 3 is 2.55 bits per heavy atom. The van der Waals surface area contributed by atoms with Crippen LogP contribution in [0.25, 0.3) is 0 Å². The summed E-state index contributed by atoms with van der Waals surface area (Å²) in [4.78, 5) is 44.7. The molecule has 0 spiro atoms. The number of thioether (sulfide) groups is 1. The number of benzene rings is 1. The van der Waals surface area contributed by atoms with Crippen LogP contribution < -0.4 is 4.90 Å². The molecule has 10 heteroatoms. The molecule has 1 heterocycles. The molecule has 38 heavy (non-hydrogen) atoms. The first-order valence-corrected chi connectivity index (χ1v) is 14.1. The van der Waals surface area contributed by atoms with Crippen LogP contribution in [0.2, 0.25) is 5.02 Å².